The summed E-state index contributed by atoms with van der Waals surface area (Å²) in [5.41, 5.74) is 0.701. The third-order valence-corrected chi connectivity index (χ3v) is 3.75. The first-order valence-corrected chi connectivity index (χ1v) is 6.92. The quantitative estimate of drug-likeness (QED) is 0.854. The van der Waals surface area contributed by atoms with Crippen LogP contribution in [0.2, 0.25) is 0 Å². The molecule has 7 heteroatoms. The van der Waals surface area contributed by atoms with Gasteiger partial charge < -0.3 is 14.2 Å². The molecule has 0 radical (unpaired) electrons. The summed E-state index contributed by atoms with van der Waals surface area (Å²) in [4.78, 5) is 18.2. The maximum atomic E-state index is 14.2. The van der Waals surface area contributed by atoms with Crippen molar-refractivity contribution in [1.29, 1.82) is 0 Å². The average molecular weight is 307 g/mol. The monoisotopic (exact) mass is 307 g/mol. The largest absolute Gasteiger partial charge is 0.491 e. The Morgan fingerprint density at radius 3 is 2.91 bits per heavy atom. The zero-order chi connectivity index (χ0) is 15.7. The molecule has 3 rings (SSSR count). The van der Waals surface area contributed by atoms with E-state index >= 15 is 0 Å². The molecule has 1 aliphatic rings. The molecular formula is C15H15F2N3O2. The second kappa shape index (κ2) is 5.75. The van der Waals surface area contributed by atoms with E-state index in [0.717, 1.165) is 30.8 Å². The van der Waals surface area contributed by atoms with Crippen molar-refractivity contribution in [2.24, 2.45) is 0 Å². The first-order valence-electron chi connectivity index (χ1n) is 6.92. The lowest BCUT2D eigenvalue weighted by Gasteiger charge is -2.20. The molecule has 1 aromatic carbocycles. The number of methoxy groups -OCH3 is 1. The van der Waals surface area contributed by atoms with Gasteiger partial charge in [0.15, 0.2) is 17.4 Å². The van der Waals surface area contributed by atoms with E-state index in [2.05, 4.69) is 9.72 Å². The number of nitrogens with zero attached hydrogens (tertiary/aromatic N) is 3. The molecule has 1 aromatic heterocycles. The van der Waals surface area contributed by atoms with Crippen LogP contribution >= 0.6 is 0 Å². The van der Waals surface area contributed by atoms with Crippen molar-refractivity contribution in [2.75, 3.05) is 13.7 Å². The van der Waals surface area contributed by atoms with Gasteiger partial charge in [0.25, 0.3) is 5.91 Å². The number of fused-ring (bicyclic) bond motifs is 1. The Bertz CT molecular complexity index is 715. The highest BCUT2D eigenvalue weighted by atomic mass is 19.1. The number of benzene rings is 1. The number of imidazole rings is 1. The molecular weight excluding hydrogens is 292 g/mol. The molecule has 5 nitrogen and oxygen atoms in total. The third kappa shape index (κ3) is 2.43. The predicted molar refractivity (Wildman–Crippen MR) is 74.5 cm³/mol. The number of carbonyl (C=O) groups is 1. The summed E-state index contributed by atoms with van der Waals surface area (Å²) >= 11 is 0. The Morgan fingerprint density at radius 1 is 1.32 bits per heavy atom. The third-order valence-electron chi connectivity index (χ3n) is 3.75. The molecule has 0 unspecified atom stereocenters. The molecule has 0 aliphatic carbocycles. The fourth-order valence-electron chi connectivity index (χ4n) is 2.62. The molecule has 0 N–H and O–H groups in total. The molecule has 22 heavy (non-hydrogen) atoms. The van der Waals surface area contributed by atoms with Gasteiger partial charge in [-0.3, -0.25) is 4.79 Å². The average Bonchev–Trinajstić information content (AvgIpc) is 2.84. The number of carbonyl (C=O) groups excluding carboxylic acids is 1. The van der Waals surface area contributed by atoms with Gasteiger partial charge in [-0.1, -0.05) is 0 Å². The number of hydrogen-bond acceptors (Lipinski definition) is 3. The lowest BCUT2D eigenvalue weighted by Crippen LogP contribution is -2.31. The fraction of sp³-hybridized carbons (Fsp3) is 0.333. The first-order chi connectivity index (χ1) is 10.6. The molecule has 2 aromatic rings. The van der Waals surface area contributed by atoms with Crippen LogP contribution in [0.1, 0.15) is 22.5 Å². The van der Waals surface area contributed by atoms with Gasteiger partial charge in [-0.2, -0.15) is 0 Å². The predicted octanol–water partition coefficient (Wildman–Crippen LogP) is 2.22. The summed E-state index contributed by atoms with van der Waals surface area (Å²) in [7, 11) is 1.17. The lowest BCUT2D eigenvalue weighted by atomic mass is 10.1. The number of aryl methyl sites for hydroxylation is 1. The smallest absolute Gasteiger partial charge is 0.257 e. The summed E-state index contributed by atoms with van der Waals surface area (Å²) in [5, 5.41) is 0. The highest BCUT2D eigenvalue weighted by molar-refractivity contribution is 5.95. The van der Waals surface area contributed by atoms with Crippen LogP contribution in [-0.4, -0.2) is 34.0 Å². The van der Waals surface area contributed by atoms with Crippen LogP contribution < -0.4 is 4.74 Å². The summed E-state index contributed by atoms with van der Waals surface area (Å²) in [6, 6.07) is 2.19. The van der Waals surface area contributed by atoms with Crippen molar-refractivity contribution in [3.05, 3.63) is 47.5 Å². The van der Waals surface area contributed by atoms with E-state index in [4.69, 9.17) is 0 Å². The number of amides is 1. The van der Waals surface area contributed by atoms with Gasteiger partial charge in [-0.25, -0.2) is 13.8 Å². The lowest BCUT2D eigenvalue weighted by molar-refractivity contribution is 0.0740. The number of ether oxygens (including phenoxy) is 1. The van der Waals surface area contributed by atoms with E-state index in [1.54, 1.807) is 12.5 Å². The van der Waals surface area contributed by atoms with Crippen LogP contribution in [0.3, 0.4) is 0 Å². The topological polar surface area (TPSA) is 47.4 Å². The zero-order valence-corrected chi connectivity index (χ0v) is 12.1. The maximum absolute atomic E-state index is 14.2. The molecule has 0 atom stereocenters. The summed E-state index contributed by atoms with van der Waals surface area (Å²) < 4.78 is 34.4. The number of hydrogen-bond donors (Lipinski definition) is 0. The minimum absolute atomic E-state index is 0.189. The summed E-state index contributed by atoms with van der Waals surface area (Å²) in [6.07, 6.45) is 4.15. The SMILES string of the molecule is COc1c(F)ccc(C(=O)N2CCCn3cncc3C2)c1F. The molecule has 0 spiro atoms. The fourth-order valence-corrected chi connectivity index (χ4v) is 2.62. The van der Waals surface area contributed by atoms with Crippen LogP contribution in [0.4, 0.5) is 8.78 Å². The standard InChI is InChI=1S/C15H15F2N3O2/c1-22-14-12(16)4-3-11(13(14)17)15(21)19-5-2-6-20-9-18-7-10(20)8-19/h3-4,7,9H,2,5-6,8H2,1H3. The van der Waals surface area contributed by atoms with Crippen molar-refractivity contribution < 1.29 is 18.3 Å². The van der Waals surface area contributed by atoms with E-state index in [-0.39, 0.29) is 5.56 Å². The molecule has 2 heterocycles. The molecule has 0 bridgehead atoms. The zero-order valence-electron chi connectivity index (χ0n) is 12.1. The van der Waals surface area contributed by atoms with E-state index in [1.807, 2.05) is 4.57 Å². The van der Waals surface area contributed by atoms with Crippen LogP contribution in [-0.2, 0) is 13.1 Å². The van der Waals surface area contributed by atoms with Gasteiger partial charge in [0.2, 0.25) is 0 Å². The van der Waals surface area contributed by atoms with E-state index in [9.17, 15) is 13.6 Å². The molecule has 0 saturated carbocycles. The highest BCUT2D eigenvalue weighted by Crippen LogP contribution is 2.26. The van der Waals surface area contributed by atoms with Gasteiger partial charge in [0.1, 0.15) is 0 Å². The maximum Gasteiger partial charge on any atom is 0.257 e. The number of rotatable bonds is 2. The van der Waals surface area contributed by atoms with Crippen LogP contribution in [0.5, 0.6) is 5.75 Å². The van der Waals surface area contributed by atoms with Crippen LogP contribution in [0, 0.1) is 11.6 Å². The van der Waals surface area contributed by atoms with Crippen LogP contribution in [0.15, 0.2) is 24.7 Å². The van der Waals surface area contributed by atoms with E-state index in [1.165, 1.54) is 12.0 Å². The second-order valence-corrected chi connectivity index (χ2v) is 5.10. The number of aromatic nitrogens is 2. The van der Waals surface area contributed by atoms with Crippen molar-refractivity contribution in [3.63, 3.8) is 0 Å². The van der Waals surface area contributed by atoms with Gasteiger partial charge in [0.05, 0.1) is 31.2 Å². The Balaban J connectivity index is 1.91. The molecule has 1 amide bonds. The van der Waals surface area contributed by atoms with Crippen molar-refractivity contribution in [2.45, 2.75) is 19.5 Å². The normalized spacial score (nSPS) is 14.4. The molecule has 116 valence electrons. The van der Waals surface area contributed by atoms with Gasteiger partial charge in [0, 0.05) is 19.3 Å². The van der Waals surface area contributed by atoms with Crippen molar-refractivity contribution >= 4 is 5.91 Å². The van der Waals surface area contributed by atoms with Crippen molar-refractivity contribution in [1.82, 2.24) is 14.5 Å². The van der Waals surface area contributed by atoms with E-state index < -0.39 is 23.3 Å². The first kappa shape index (κ1) is 14.5. The Labute approximate surface area is 126 Å². The molecule has 1 aliphatic heterocycles. The molecule has 0 saturated heterocycles. The Hall–Kier alpha value is -2.44. The second-order valence-electron chi connectivity index (χ2n) is 5.10. The minimum Gasteiger partial charge on any atom is -0.491 e. The molecule has 0 fully saturated rings. The highest BCUT2D eigenvalue weighted by Gasteiger charge is 2.25. The van der Waals surface area contributed by atoms with Gasteiger partial charge >= 0.3 is 0 Å². The summed E-state index contributed by atoms with van der Waals surface area (Å²) in [6.45, 7) is 1.60. The van der Waals surface area contributed by atoms with Gasteiger partial charge in [-0.05, 0) is 18.6 Å². The van der Waals surface area contributed by atoms with Gasteiger partial charge in [-0.15, -0.1) is 0 Å². The number of halogens is 2. The Kier molecular flexibility index (Phi) is 3.79. The van der Waals surface area contributed by atoms with Crippen molar-refractivity contribution in [3.8, 4) is 5.75 Å². The minimum atomic E-state index is -0.967. The van der Waals surface area contributed by atoms with Crippen LogP contribution in [0.25, 0.3) is 0 Å². The Morgan fingerprint density at radius 2 is 2.14 bits per heavy atom. The summed E-state index contributed by atoms with van der Waals surface area (Å²) in [5.74, 6) is -2.81. The van der Waals surface area contributed by atoms with E-state index in [0.29, 0.717) is 13.1 Å².